The standard InChI is InChI=1S/C24H22F3N5O2/c25-24(26,27)34-18-5-3-17(4-6-18)14-23(15-28)8-12-32(13-9-23)22(33)19-2-1-10-30-21(19)20-7-11-29-16-31-20/h1-7,11,16,30H,8-10,12-14H2. The van der Waals surface area contributed by atoms with E-state index in [-0.39, 0.29) is 11.7 Å². The molecule has 0 radical (unpaired) electrons. The van der Waals surface area contributed by atoms with Gasteiger partial charge in [0.05, 0.1) is 28.4 Å². The lowest BCUT2D eigenvalue weighted by molar-refractivity contribution is -0.274. The molecule has 1 aromatic carbocycles. The van der Waals surface area contributed by atoms with E-state index in [9.17, 15) is 23.2 Å². The normalized spacial score (nSPS) is 17.6. The Kier molecular flexibility index (Phi) is 6.54. The van der Waals surface area contributed by atoms with Crippen LogP contribution in [0, 0.1) is 16.7 Å². The summed E-state index contributed by atoms with van der Waals surface area (Å²) in [6.45, 7) is 1.38. The second-order valence-electron chi connectivity index (χ2n) is 8.22. The molecule has 0 unspecified atom stereocenters. The number of likely N-dealkylation sites (tertiary alicyclic amines) is 1. The number of amides is 1. The summed E-state index contributed by atoms with van der Waals surface area (Å²) in [7, 11) is 0. The third-order valence-corrected chi connectivity index (χ3v) is 5.96. The molecule has 2 aromatic rings. The van der Waals surface area contributed by atoms with Crippen molar-refractivity contribution in [3.05, 3.63) is 71.8 Å². The average molecular weight is 469 g/mol. The minimum absolute atomic E-state index is 0.141. The van der Waals surface area contributed by atoms with E-state index >= 15 is 0 Å². The number of piperidine rings is 1. The molecule has 3 heterocycles. The van der Waals surface area contributed by atoms with Crippen LogP contribution in [0.1, 0.15) is 24.1 Å². The molecule has 0 spiro atoms. The number of ether oxygens (including phenoxy) is 1. The topological polar surface area (TPSA) is 91.1 Å². The van der Waals surface area contributed by atoms with Gasteiger partial charge in [0.15, 0.2) is 0 Å². The molecular weight excluding hydrogens is 447 g/mol. The number of benzene rings is 1. The van der Waals surface area contributed by atoms with E-state index in [1.807, 2.05) is 6.08 Å². The molecule has 1 fully saturated rings. The smallest absolute Gasteiger partial charge is 0.406 e. The van der Waals surface area contributed by atoms with Gasteiger partial charge in [-0.3, -0.25) is 4.79 Å². The Morgan fingerprint density at radius 1 is 1.21 bits per heavy atom. The number of nitrogens with one attached hydrogen (secondary N) is 1. The maximum Gasteiger partial charge on any atom is 0.573 e. The van der Waals surface area contributed by atoms with E-state index in [0.717, 1.165) is 5.56 Å². The minimum atomic E-state index is -4.75. The van der Waals surface area contributed by atoms with Gasteiger partial charge in [-0.1, -0.05) is 18.2 Å². The number of rotatable bonds is 5. The van der Waals surface area contributed by atoms with Crippen molar-refractivity contribution in [3.63, 3.8) is 0 Å². The molecule has 34 heavy (non-hydrogen) atoms. The van der Waals surface area contributed by atoms with Crippen molar-refractivity contribution >= 4 is 11.6 Å². The average Bonchev–Trinajstić information content (AvgIpc) is 2.85. The molecule has 0 atom stereocenters. The summed E-state index contributed by atoms with van der Waals surface area (Å²) in [6.07, 6.45) is 3.25. The van der Waals surface area contributed by atoms with Gasteiger partial charge in [0.1, 0.15) is 12.1 Å². The lowest BCUT2D eigenvalue weighted by atomic mass is 9.75. The van der Waals surface area contributed by atoms with Gasteiger partial charge >= 0.3 is 6.36 Å². The molecule has 0 bridgehead atoms. The number of aromatic nitrogens is 2. The summed E-state index contributed by atoms with van der Waals surface area (Å²) < 4.78 is 41.0. The second-order valence-corrected chi connectivity index (χ2v) is 8.22. The molecule has 2 aliphatic heterocycles. The van der Waals surface area contributed by atoms with Crippen LogP contribution in [0.5, 0.6) is 5.75 Å². The number of carbonyl (C=O) groups is 1. The molecule has 4 rings (SSSR count). The van der Waals surface area contributed by atoms with Crippen LogP contribution in [-0.2, 0) is 11.2 Å². The Labute approximate surface area is 194 Å². The fourth-order valence-electron chi connectivity index (χ4n) is 4.20. The van der Waals surface area contributed by atoms with Crippen molar-refractivity contribution in [3.8, 4) is 11.8 Å². The maximum absolute atomic E-state index is 13.3. The molecule has 1 aromatic heterocycles. The number of hydrogen-bond acceptors (Lipinski definition) is 6. The number of halogens is 3. The van der Waals surface area contributed by atoms with E-state index in [2.05, 4.69) is 26.1 Å². The maximum atomic E-state index is 13.3. The zero-order chi connectivity index (χ0) is 24.2. The molecule has 176 valence electrons. The van der Waals surface area contributed by atoms with Crippen molar-refractivity contribution in [1.82, 2.24) is 20.2 Å². The van der Waals surface area contributed by atoms with E-state index in [4.69, 9.17) is 0 Å². The monoisotopic (exact) mass is 469 g/mol. The third kappa shape index (κ3) is 5.36. The number of carbonyl (C=O) groups excluding carboxylic acids is 1. The van der Waals surface area contributed by atoms with Crippen molar-refractivity contribution in [2.24, 2.45) is 5.41 Å². The first-order chi connectivity index (χ1) is 16.3. The van der Waals surface area contributed by atoms with Crippen LogP contribution in [0.4, 0.5) is 13.2 Å². The second kappa shape index (κ2) is 9.55. The van der Waals surface area contributed by atoms with Gasteiger partial charge in [0.25, 0.3) is 5.91 Å². The quantitative estimate of drug-likeness (QED) is 0.719. The highest BCUT2D eigenvalue weighted by atomic mass is 19.4. The zero-order valence-electron chi connectivity index (χ0n) is 18.2. The number of nitriles is 1. The molecule has 7 nitrogen and oxygen atoms in total. The first-order valence-corrected chi connectivity index (χ1v) is 10.7. The fourth-order valence-corrected chi connectivity index (χ4v) is 4.20. The molecule has 0 aliphatic carbocycles. The Balaban J connectivity index is 1.44. The summed E-state index contributed by atoms with van der Waals surface area (Å²) >= 11 is 0. The first kappa shape index (κ1) is 23.3. The number of alkyl halides is 3. The SMILES string of the molecule is N#CC1(Cc2ccc(OC(F)(F)F)cc2)CCN(C(=O)C2=C(c3ccncn3)NCC=C2)CC1. The third-order valence-electron chi connectivity index (χ3n) is 5.96. The Morgan fingerprint density at radius 2 is 1.94 bits per heavy atom. The van der Waals surface area contributed by atoms with Crippen molar-refractivity contribution in [2.45, 2.75) is 25.6 Å². The number of hydrogen-bond donors (Lipinski definition) is 1. The summed E-state index contributed by atoms with van der Waals surface area (Å²) in [6, 6.07) is 9.69. The van der Waals surface area contributed by atoms with E-state index in [0.29, 0.717) is 55.9 Å². The van der Waals surface area contributed by atoms with Gasteiger partial charge in [-0.15, -0.1) is 13.2 Å². The Hall–Kier alpha value is -3.87. The molecule has 1 N–H and O–H groups in total. The van der Waals surface area contributed by atoms with Gasteiger partial charge in [-0.2, -0.15) is 5.26 Å². The van der Waals surface area contributed by atoms with Gasteiger partial charge in [-0.05, 0) is 49.1 Å². The highest BCUT2D eigenvalue weighted by molar-refractivity contribution is 6.03. The number of nitrogens with zero attached hydrogens (tertiary/aromatic N) is 4. The van der Waals surface area contributed by atoms with Crippen LogP contribution in [-0.4, -0.2) is 46.8 Å². The van der Waals surface area contributed by atoms with Crippen molar-refractivity contribution in [1.29, 1.82) is 5.26 Å². The predicted molar refractivity (Wildman–Crippen MR) is 117 cm³/mol. The summed E-state index contributed by atoms with van der Waals surface area (Å²) in [5.74, 6) is -0.443. The fraction of sp³-hybridized carbons (Fsp3) is 0.333. The predicted octanol–water partition coefficient (Wildman–Crippen LogP) is 3.62. The van der Waals surface area contributed by atoms with Gasteiger partial charge < -0.3 is 15.0 Å². The van der Waals surface area contributed by atoms with Crippen LogP contribution in [0.15, 0.2) is 60.6 Å². The molecular formula is C24H22F3N5O2. The van der Waals surface area contributed by atoms with Crippen molar-refractivity contribution in [2.75, 3.05) is 19.6 Å². The zero-order valence-corrected chi connectivity index (χ0v) is 18.2. The van der Waals surface area contributed by atoms with Crippen LogP contribution < -0.4 is 10.1 Å². The minimum Gasteiger partial charge on any atom is -0.406 e. The van der Waals surface area contributed by atoms with E-state index in [1.54, 1.807) is 23.2 Å². The van der Waals surface area contributed by atoms with Crippen molar-refractivity contribution < 1.29 is 22.7 Å². The molecule has 1 saturated heterocycles. The highest BCUT2D eigenvalue weighted by Crippen LogP contribution is 2.36. The lowest BCUT2D eigenvalue weighted by Gasteiger charge is -2.38. The summed E-state index contributed by atoms with van der Waals surface area (Å²) in [4.78, 5) is 23.2. The van der Waals surface area contributed by atoms with Crippen LogP contribution in [0.2, 0.25) is 0 Å². The van der Waals surface area contributed by atoms with Gasteiger partial charge in [0, 0.05) is 25.8 Å². The first-order valence-electron chi connectivity index (χ1n) is 10.7. The van der Waals surface area contributed by atoms with Crippen LogP contribution in [0.3, 0.4) is 0 Å². The Bertz CT molecular complexity index is 1130. The van der Waals surface area contributed by atoms with Crippen LogP contribution in [0.25, 0.3) is 5.70 Å². The number of dihydropyridines is 1. The van der Waals surface area contributed by atoms with E-state index < -0.39 is 11.8 Å². The van der Waals surface area contributed by atoms with Gasteiger partial charge in [0.2, 0.25) is 0 Å². The van der Waals surface area contributed by atoms with Gasteiger partial charge in [-0.25, -0.2) is 9.97 Å². The molecule has 10 heteroatoms. The highest BCUT2D eigenvalue weighted by Gasteiger charge is 2.37. The molecule has 0 saturated carbocycles. The lowest BCUT2D eigenvalue weighted by Crippen LogP contribution is -2.44. The largest absolute Gasteiger partial charge is 0.573 e. The van der Waals surface area contributed by atoms with Crippen LogP contribution >= 0.6 is 0 Å². The summed E-state index contributed by atoms with van der Waals surface area (Å²) in [5.41, 5.74) is 1.82. The molecule has 2 aliphatic rings. The summed E-state index contributed by atoms with van der Waals surface area (Å²) in [5, 5.41) is 13.1. The van der Waals surface area contributed by atoms with E-state index in [1.165, 1.54) is 30.6 Å². The Morgan fingerprint density at radius 3 is 2.56 bits per heavy atom. The molecule has 1 amide bonds.